The van der Waals surface area contributed by atoms with Crippen molar-refractivity contribution in [1.82, 2.24) is 5.32 Å². The molecule has 0 bridgehead atoms. The zero-order valence-electron chi connectivity index (χ0n) is 12.9. The molecular formula is C20H19NO. The highest BCUT2D eigenvalue weighted by atomic mass is 16.1. The van der Waals surface area contributed by atoms with E-state index in [-0.39, 0.29) is 5.91 Å². The van der Waals surface area contributed by atoms with Gasteiger partial charge >= 0.3 is 0 Å². The molecule has 0 aliphatic rings. The van der Waals surface area contributed by atoms with Gasteiger partial charge in [0.1, 0.15) is 0 Å². The number of rotatable bonds is 3. The summed E-state index contributed by atoms with van der Waals surface area (Å²) in [5.74, 6) is -0.0111. The monoisotopic (exact) mass is 289 g/mol. The molecule has 0 saturated carbocycles. The fourth-order valence-electron chi connectivity index (χ4n) is 2.74. The highest BCUT2D eigenvalue weighted by molar-refractivity contribution is 5.98. The largest absolute Gasteiger partial charge is 0.352 e. The van der Waals surface area contributed by atoms with Crippen molar-refractivity contribution in [3.8, 4) is 11.1 Å². The van der Waals surface area contributed by atoms with E-state index in [9.17, 15) is 4.79 Å². The maximum Gasteiger partial charge on any atom is 0.217 e. The standard InChI is InChI=1S/C20H19NO/c1-14-7-9-17(10-8-14)20-18(13-21-15(2)22)12-11-16-5-3-4-6-19(16)20/h3-12H,13H2,1-2H3,(H,21,22). The Kier molecular flexibility index (Phi) is 3.92. The first-order valence-electron chi connectivity index (χ1n) is 7.47. The lowest BCUT2D eigenvalue weighted by Crippen LogP contribution is -2.19. The number of amides is 1. The molecule has 1 N–H and O–H groups in total. The van der Waals surface area contributed by atoms with Gasteiger partial charge in [-0.1, -0.05) is 66.2 Å². The smallest absolute Gasteiger partial charge is 0.217 e. The van der Waals surface area contributed by atoms with Gasteiger partial charge in [0.05, 0.1) is 0 Å². The van der Waals surface area contributed by atoms with E-state index in [0.717, 1.165) is 5.56 Å². The fourth-order valence-corrected chi connectivity index (χ4v) is 2.74. The van der Waals surface area contributed by atoms with Gasteiger partial charge in [-0.2, -0.15) is 0 Å². The number of hydrogen-bond donors (Lipinski definition) is 1. The molecule has 1 amide bonds. The molecule has 0 saturated heterocycles. The molecule has 0 aliphatic carbocycles. The molecule has 3 rings (SSSR count). The summed E-state index contributed by atoms with van der Waals surface area (Å²) in [6.07, 6.45) is 0. The number of nitrogens with one attached hydrogen (secondary N) is 1. The molecule has 0 unspecified atom stereocenters. The summed E-state index contributed by atoms with van der Waals surface area (Å²) in [4.78, 5) is 11.3. The van der Waals surface area contributed by atoms with Crippen molar-refractivity contribution in [2.75, 3.05) is 0 Å². The van der Waals surface area contributed by atoms with Crippen LogP contribution in [-0.4, -0.2) is 5.91 Å². The second-order valence-corrected chi connectivity index (χ2v) is 5.60. The molecule has 22 heavy (non-hydrogen) atoms. The van der Waals surface area contributed by atoms with Crippen LogP contribution >= 0.6 is 0 Å². The van der Waals surface area contributed by atoms with E-state index >= 15 is 0 Å². The van der Waals surface area contributed by atoms with Gasteiger partial charge < -0.3 is 5.32 Å². The second kappa shape index (κ2) is 6.02. The summed E-state index contributed by atoms with van der Waals surface area (Å²) >= 11 is 0. The SMILES string of the molecule is CC(=O)NCc1ccc2ccccc2c1-c1ccc(C)cc1. The van der Waals surface area contributed by atoms with Crippen molar-refractivity contribution in [1.29, 1.82) is 0 Å². The Labute approximate surface area is 130 Å². The number of carbonyl (C=O) groups is 1. The summed E-state index contributed by atoms with van der Waals surface area (Å²) in [6, 6.07) is 21.1. The summed E-state index contributed by atoms with van der Waals surface area (Å²) in [5, 5.41) is 5.34. The summed E-state index contributed by atoms with van der Waals surface area (Å²) < 4.78 is 0. The highest BCUT2D eigenvalue weighted by Crippen LogP contribution is 2.32. The minimum absolute atomic E-state index is 0.0111. The average molecular weight is 289 g/mol. The molecule has 0 radical (unpaired) electrons. The van der Waals surface area contributed by atoms with Gasteiger partial charge in [-0.05, 0) is 34.4 Å². The molecule has 0 aromatic heterocycles. The van der Waals surface area contributed by atoms with Gasteiger partial charge in [0.15, 0.2) is 0 Å². The van der Waals surface area contributed by atoms with Crippen LogP contribution < -0.4 is 5.32 Å². The van der Waals surface area contributed by atoms with Crippen LogP contribution in [0.1, 0.15) is 18.1 Å². The predicted molar refractivity (Wildman–Crippen MR) is 91.6 cm³/mol. The minimum atomic E-state index is -0.0111. The maximum atomic E-state index is 11.3. The van der Waals surface area contributed by atoms with Crippen molar-refractivity contribution in [3.05, 3.63) is 71.8 Å². The van der Waals surface area contributed by atoms with Gasteiger partial charge in [-0.15, -0.1) is 0 Å². The highest BCUT2D eigenvalue weighted by Gasteiger charge is 2.10. The Balaban J connectivity index is 2.19. The average Bonchev–Trinajstić information content (AvgIpc) is 2.53. The van der Waals surface area contributed by atoms with Crippen molar-refractivity contribution in [2.45, 2.75) is 20.4 Å². The molecule has 0 fully saturated rings. The lowest BCUT2D eigenvalue weighted by Gasteiger charge is -2.14. The molecule has 0 aliphatic heterocycles. The quantitative estimate of drug-likeness (QED) is 0.758. The van der Waals surface area contributed by atoms with Crippen LogP contribution in [0.3, 0.4) is 0 Å². The Bertz CT molecular complexity index is 819. The first-order chi connectivity index (χ1) is 10.6. The topological polar surface area (TPSA) is 29.1 Å². The molecule has 0 heterocycles. The van der Waals surface area contributed by atoms with Crippen molar-refractivity contribution >= 4 is 16.7 Å². The van der Waals surface area contributed by atoms with Gasteiger partial charge in [0.2, 0.25) is 5.91 Å². The van der Waals surface area contributed by atoms with Gasteiger partial charge in [0.25, 0.3) is 0 Å². The van der Waals surface area contributed by atoms with Gasteiger partial charge in [-0.3, -0.25) is 4.79 Å². The first-order valence-corrected chi connectivity index (χ1v) is 7.47. The number of benzene rings is 3. The normalized spacial score (nSPS) is 10.6. The first kappa shape index (κ1) is 14.3. The molecule has 0 atom stereocenters. The summed E-state index contributed by atoms with van der Waals surface area (Å²) in [6.45, 7) is 4.18. The fraction of sp³-hybridized carbons (Fsp3) is 0.150. The minimum Gasteiger partial charge on any atom is -0.352 e. The van der Waals surface area contributed by atoms with Crippen LogP contribution in [0.5, 0.6) is 0 Å². The number of hydrogen-bond acceptors (Lipinski definition) is 1. The number of aryl methyl sites for hydroxylation is 1. The molecule has 2 nitrogen and oxygen atoms in total. The Hall–Kier alpha value is -2.61. The van der Waals surface area contributed by atoms with E-state index in [1.165, 1.54) is 27.5 Å². The summed E-state index contributed by atoms with van der Waals surface area (Å²) in [7, 11) is 0. The van der Waals surface area contributed by atoms with Crippen molar-refractivity contribution < 1.29 is 4.79 Å². The molecule has 3 aromatic carbocycles. The van der Waals surface area contributed by atoms with Crippen LogP contribution in [0.2, 0.25) is 0 Å². The number of fused-ring (bicyclic) bond motifs is 1. The van der Waals surface area contributed by atoms with Crippen LogP contribution in [-0.2, 0) is 11.3 Å². The van der Waals surface area contributed by atoms with Crippen molar-refractivity contribution in [2.24, 2.45) is 0 Å². The predicted octanol–water partition coefficient (Wildman–Crippen LogP) is 4.45. The third kappa shape index (κ3) is 2.86. The molecular weight excluding hydrogens is 270 g/mol. The zero-order chi connectivity index (χ0) is 15.5. The third-order valence-electron chi connectivity index (χ3n) is 3.88. The van der Waals surface area contributed by atoms with E-state index in [4.69, 9.17) is 0 Å². The molecule has 110 valence electrons. The Morgan fingerprint density at radius 3 is 2.41 bits per heavy atom. The van der Waals surface area contributed by atoms with Crippen LogP contribution in [0.25, 0.3) is 21.9 Å². The molecule has 2 heteroatoms. The maximum absolute atomic E-state index is 11.3. The Morgan fingerprint density at radius 2 is 1.68 bits per heavy atom. The van der Waals surface area contributed by atoms with Crippen LogP contribution in [0, 0.1) is 6.92 Å². The van der Waals surface area contributed by atoms with Gasteiger partial charge in [-0.25, -0.2) is 0 Å². The van der Waals surface area contributed by atoms with Crippen LogP contribution in [0.4, 0.5) is 0 Å². The van der Waals surface area contributed by atoms with E-state index in [1.54, 1.807) is 6.92 Å². The van der Waals surface area contributed by atoms with Crippen LogP contribution in [0.15, 0.2) is 60.7 Å². The second-order valence-electron chi connectivity index (χ2n) is 5.60. The van der Waals surface area contributed by atoms with E-state index in [0.29, 0.717) is 6.54 Å². The van der Waals surface area contributed by atoms with Gasteiger partial charge in [0, 0.05) is 13.5 Å². The number of carbonyl (C=O) groups excluding carboxylic acids is 1. The Morgan fingerprint density at radius 1 is 0.955 bits per heavy atom. The molecule has 0 spiro atoms. The third-order valence-corrected chi connectivity index (χ3v) is 3.88. The van der Waals surface area contributed by atoms with E-state index in [1.807, 2.05) is 0 Å². The van der Waals surface area contributed by atoms with E-state index < -0.39 is 0 Å². The lowest BCUT2D eigenvalue weighted by molar-refractivity contribution is -0.119. The zero-order valence-corrected chi connectivity index (χ0v) is 12.9. The van der Waals surface area contributed by atoms with Crippen molar-refractivity contribution in [3.63, 3.8) is 0 Å². The summed E-state index contributed by atoms with van der Waals surface area (Å²) in [5.41, 5.74) is 4.76. The lowest BCUT2D eigenvalue weighted by atomic mass is 9.93. The van der Waals surface area contributed by atoms with E-state index in [2.05, 4.69) is 72.9 Å². The molecule has 3 aromatic rings.